The molecule has 3 heterocycles. The van der Waals surface area contributed by atoms with Crippen LogP contribution in [0, 0.1) is 6.92 Å². The molecule has 144 valence electrons. The third kappa shape index (κ3) is 3.12. The van der Waals surface area contributed by atoms with Gasteiger partial charge in [0.25, 0.3) is 0 Å². The van der Waals surface area contributed by atoms with Crippen molar-refractivity contribution in [3.63, 3.8) is 0 Å². The summed E-state index contributed by atoms with van der Waals surface area (Å²) < 4.78 is 5.82. The molecule has 6 nitrogen and oxygen atoms in total. The lowest BCUT2D eigenvalue weighted by Gasteiger charge is -2.14. The van der Waals surface area contributed by atoms with E-state index in [0.29, 0.717) is 27.5 Å². The SMILES string of the molecule is Cc1nc2c(cnc3[nH]cc(C(O)c4ccc(Oc5ccccc5)cc4Cl)c32)[nH]1. The number of aromatic nitrogens is 4. The molecule has 0 spiro atoms. The van der Waals surface area contributed by atoms with Gasteiger partial charge in [0, 0.05) is 17.3 Å². The Morgan fingerprint density at radius 2 is 1.90 bits per heavy atom. The first-order chi connectivity index (χ1) is 14.1. The molecule has 3 N–H and O–H groups in total. The molecule has 0 bridgehead atoms. The molecule has 3 aromatic heterocycles. The van der Waals surface area contributed by atoms with Crippen LogP contribution < -0.4 is 4.74 Å². The van der Waals surface area contributed by atoms with Gasteiger partial charge >= 0.3 is 0 Å². The third-order valence-electron chi connectivity index (χ3n) is 4.84. The average Bonchev–Trinajstić information content (AvgIpc) is 3.31. The van der Waals surface area contributed by atoms with Gasteiger partial charge in [-0.1, -0.05) is 35.9 Å². The maximum Gasteiger partial charge on any atom is 0.139 e. The molecule has 5 aromatic rings. The fourth-order valence-electron chi connectivity index (χ4n) is 3.50. The van der Waals surface area contributed by atoms with Gasteiger partial charge < -0.3 is 19.8 Å². The number of benzene rings is 2. The van der Waals surface area contributed by atoms with Gasteiger partial charge in [-0.05, 0) is 31.2 Å². The van der Waals surface area contributed by atoms with E-state index >= 15 is 0 Å². The summed E-state index contributed by atoms with van der Waals surface area (Å²) >= 11 is 6.49. The zero-order valence-electron chi connectivity index (χ0n) is 15.5. The van der Waals surface area contributed by atoms with E-state index in [-0.39, 0.29) is 0 Å². The molecule has 2 aromatic carbocycles. The molecule has 0 saturated heterocycles. The number of aliphatic hydroxyl groups is 1. The second kappa shape index (κ2) is 6.92. The number of hydrogen-bond donors (Lipinski definition) is 3. The van der Waals surface area contributed by atoms with Crippen LogP contribution in [0.4, 0.5) is 0 Å². The first-order valence-corrected chi connectivity index (χ1v) is 9.50. The lowest BCUT2D eigenvalue weighted by Crippen LogP contribution is -2.00. The monoisotopic (exact) mass is 404 g/mol. The standard InChI is InChI=1S/C22H17ClN4O2/c1-12-26-18-11-25-22-19(20(18)27-12)16(10-24-22)21(28)15-8-7-14(9-17(15)23)29-13-5-3-2-4-6-13/h2-11,21,28H,1H3,(H,24,25)(H,26,27). The smallest absolute Gasteiger partial charge is 0.139 e. The Labute approximate surface area is 171 Å². The molecule has 1 atom stereocenters. The summed E-state index contributed by atoms with van der Waals surface area (Å²) in [6.07, 6.45) is 2.54. The number of pyridine rings is 1. The van der Waals surface area contributed by atoms with Crippen molar-refractivity contribution in [2.75, 3.05) is 0 Å². The minimum atomic E-state index is -0.938. The molecule has 0 fully saturated rings. The Morgan fingerprint density at radius 1 is 1.07 bits per heavy atom. The molecule has 29 heavy (non-hydrogen) atoms. The summed E-state index contributed by atoms with van der Waals surface area (Å²) in [5.41, 5.74) is 3.50. The van der Waals surface area contributed by atoms with Gasteiger partial charge in [0.1, 0.15) is 34.6 Å². The van der Waals surface area contributed by atoms with Crippen molar-refractivity contribution < 1.29 is 9.84 Å². The Morgan fingerprint density at radius 3 is 2.69 bits per heavy atom. The van der Waals surface area contributed by atoms with E-state index in [1.165, 1.54) is 0 Å². The van der Waals surface area contributed by atoms with Gasteiger partial charge in [-0.15, -0.1) is 0 Å². The molecule has 5 rings (SSSR count). The van der Waals surface area contributed by atoms with Crippen molar-refractivity contribution in [1.82, 2.24) is 19.9 Å². The van der Waals surface area contributed by atoms with Crippen LogP contribution in [0.25, 0.3) is 22.1 Å². The normalized spacial score (nSPS) is 12.5. The number of nitrogens with zero attached hydrogens (tertiary/aromatic N) is 2. The lowest BCUT2D eigenvalue weighted by atomic mass is 10.0. The summed E-state index contributed by atoms with van der Waals surface area (Å²) in [6, 6.07) is 14.7. The molecule has 0 aliphatic heterocycles. The fraction of sp³-hybridized carbons (Fsp3) is 0.0909. The van der Waals surface area contributed by atoms with Gasteiger partial charge in [-0.2, -0.15) is 0 Å². The van der Waals surface area contributed by atoms with Gasteiger partial charge in [0.2, 0.25) is 0 Å². The first kappa shape index (κ1) is 17.7. The van der Waals surface area contributed by atoms with Crippen molar-refractivity contribution in [2.24, 2.45) is 0 Å². The highest BCUT2D eigenvalue weighted by Gasteiger charge is 2.21. The van der Waals surface area contributed by atoms with Crippen LogP contribution in [-0.2, 0) is 0 Å². The number of aromatic amines is 2. The number of fused-ring (bicyclic) bond motifs is 3. The van der Waals surface area contributed by atoms with Crippen LogP contribution in [-0.4, -0.2) is 25.0 Å². The number of aryl methyl sites for hydroxylation is 1. The van der Waals surface area contributed by atoms with E-state index in [2.05, 4.69) is 19.9 Å². The molecule has 7 heteroatoms. The van der Waals surface area contributed by atoms with Gasteiger partial charge in [0.15, 0.2) is 0 Å². The number of nitrogens with one attached hydrogen (secondary N) is 2. The second-order valence-corrected chi connectivity index (χ2v) is 7.22. The predicted octanol–water partition coefficient (Wildman–Crippen LogP) is 5.28. The zero-order valence-corrected chi connectivity index (χ0v) is 16.2. The molecule has 0 saturated carbocycles. The average molecular weight is 405 g/mol. The van der Waals surface area contributed by atoms with Crippen molar-refractivity contribution >= 4 is 33.7 Å². The number of hydrogen-bond acceptors (Lipinski definition) is 4. The lowest BCUT2D eigenvalue weighted by molar-refractivity contribution is 0.222. The number of aliphatic hydroxyl groups excluding tert-OH is 1. The van der Waals surface area contributed by atoms with E-state index in [1.54, 1.807) is 30.6 Å². The predicted molar refractivity (Wildman–Crippen MR) is 113 cm³/mol. The number of rotatable bonds is 4. The number of halogens is 1. The molecule has 0 aliphatic carbocycles. The Bertz CT molecular complexity index is 1330. The molecular formula is C22H17ClN4O2. The van der Waals surface area contributed by atoms with Crippen molar-refractivity contribution in [1.29, 1.82) is 0 Å². The summed E-state index contributed by atoms with van der Waals surface area (Å²) in [6.45, 7) is 1.89. The number of para-hydroxylation sites is 1. The summed E-state index contributed by atoms with van der Waals surface area (Å²) in [7, 11) is 0. The van der Waals surface area contributed by atoms with Crippen molar-refractivity contribution in [3.8, 4) is 11.5 Å². The Hall–Kier alpha value is -3.35. The molecule has 0 aliphatic rings. The van der Waals surface area contributed by atoms with E-state index < -0.39 is 6.10 Å². The van der Waals surface area contributed by atoms with Crippen molar-refractivity contribution in [3.05, 3.63) is 82.9 Å². The fourth-order valence-corrected chi connectivity index (χ4v) is 3.78. The van der Waals surface area contributed by atoms with Gasteiger partial charge in [0.05, 0.1) is 22.1 Å². The van der Waals surface area contributed by atoms with E-state index in [1.807, 2.05) is 37.3 Å². The van der Waals surface area contributed by atoms with Crippen LogP contribution in [0.15, 0.2) is 60.9 Å². The first-order valence-electron chi connectivity index (χ1n) is 9.13. The zero-order chi connectivity index (χ0) is 20.0. The van der Waals surface area contributed by atoms with Crippen LogP contribution in [0.2, 0.25) is 5.02 Å². The van der Waals surface area contributed by atoms with Crippen LogP contribution in [0.3, 0.4) is 0 Å². The molecule has 0 radical (unpaired) electrons. The quantitative estimate of drug-likeness (QED) is 0.380. The minimum absolute atomic E-state index is 0.415. The Balaban J connectivity index is 1.54. The van der Waals surface area contributed by atoms with Crippen LogP contribution in [0.5, 0.6) is 11.5 Å². The highest BCUT2D eigenvalue weighted by atomic mass is 35.5. The van der Waals surface area contributed by atoms with E-state index in [9.17, 15) is 5.11 Å². The molecule has 1 unspecified atom stereocenters. The highest BCUT2D eigenvalue weighted by molar-refractivity contribution is 6.31. The number of imidazole rings is 1. The summed E-state index contributed by atoms with van der Waals surface area (Å²) in [5, 5.41) is 12.3. The topological polar surface area (TPSA) is 86.8 Å². The Kier molecular flexibility index (Phi) is 4.23. The number of H-pyrrole nitrogens is 2. The van der Waals surface area contributed by atoms with Crippen LogP contribution in [0.1, 0.15) is 23.1 Å². The van der Waals surface area contributed by atoms with Crippen LogP contribution >= 0.6 is 11.6 Å². The van der Waals surface area contributed by atoms with Gasteiger partial charge in [-0.3, -0.25) is 0 Å². The molecular weight excluding hydrogens is 388 g/mol. The summed E-state index contributed by atoms with van der Waals surface area (Å²) in [5.74, 6) is 2.11. The summed E-state index contributed by atoms with van der Waals surface area (Å²) in [4.78, 5) is 15.3. The number of ether oxygens (including phenoxy) is 1. The van der Waals surface area contributed by atoms with Crippen molar-refractivity contribution in [2.45, 2.75) is 13.0 Å². The maximum atomic E-state index is 11.1. The second-order valence-electron chi connectivity index (χ2n) is 6.81. The van der Waals surface area contributed by atoms with E-state index in [4.69, 9.17) is 16.3 Å². The molecule has 0 amide bonds. The highest BCUT2D eigenvalue weighted by Crippen LogP contribution is 2.36. The minimum Gasteiger partial charge on any atom is -0.457 e. The maximum absolute atomic E-state index is 11.1. The van der Waals surface area contributed by atoms with E-state index in [0.717, 1.165) is 28.0 Å². The van der Waals surface area contributed by atoms with Gasteiger partial charge in [-0.25, -0.2) is 9.97 Å². The third-order valence-corrected chi connectivity index (χ3v) is 5.17. The largest absolute Gasteiger partial charge is 0.457 e.